The number of rotatable bonds is 5. The maximum Gasteiger partial charge on any atom is 0.281 e. The van der Waals surface area contributed by atoms with Gasteiger partial charge < -0.3 is 19.5 Å². The first kappa shape index (κ1) is 22.3. The van der Waals surface area contributed by atoms with Crippen molar-refractivity contribution in [2.45, 2.75) is 19.9 Å². The quantitative estimate of drug-likeness (QED) is 0.454. The van der Waals surface area contributed by atoms with Crippen LogP contribution in [-0.4, -0.2) is 52.7 Å². The molecule has 3 heterocycles. The predicted octanol–water partition coefficient (Wildman–Crippen LogP) is 3.32. The number of fused-ring (bicyclic) bond motifs is 1. The molecular formula is C26H26N4O3S. The number of benzene rings is 2. The van der Waals surface area contributed by atoms with Crippen LogP contribution in [0.3, 0.4) is 0 Å². The number of nitrogens with zero attached hydrogens (tertiary/aromatic N) is 3. The van der Waals surface area contributed by atoms with E-state index in [1.807, 2.05) is 64.2 Å². The zero-order valence-corrected chi connectivity index (χ0v) is 19.8. The number of thiocarbonyl (C=S) groups is 1. The summed E-state index contributed by atoms with van der Waals surface area (Å²) in [6.07, 6.45) is 4.62. The molecule has 2 aromatic carbocycles. The van der Waals surface area contributed by atoms with E-state index in [1.54, 1.807) is 0 Å². The van der Waals surface area contributed by atoms with Crippen molar-refractivity contribution in [3.05, 3.63) is 71.6 Å². The lowest BCUT2D eigenvalue weighted by atomic mass is 10.1. The van der Waals surface area contributed by atoms with Crippen molar-refractivity contribution in [1.82, 2.24) is 14.8 Å². The Morgan fingerprint density at radius 2 is 1.88 bits per heavy atom. The Kier molecular flexibility index (Phi) is 6.17. The first-order chi connectivity index (χ1) is 16.6. The number of hydrogen-bond acceptors (Lipinski definition) is 4. The number of aryl methyl sites for hydroxylation is 1. The van der Waals surface area contributed by atoms with E-state index in [4.69, 9.17) is 17.0 Å². The SMILES string of the molecule is CCc1cccc2c(/C=C3\NC(=S)N(c4ccccc4)C3=O)cn(CC(=O)N3CCOCC3)c12. The maximum absolute atomic E-state index is 13.2. The molecule has 7 nitrogen and oxygen atoms in total. The summed E-state index contributed by atoms with van der Waals surface area (Å²) in [6, 6.07) is 15.5. The minimum atomic E-state index is -0.201. The third-order valence-corrected chi connectivity index (χ3v) is 6.54. The second-order valence-corrected chi connectivity index (χ2v) is 8.72. The Labute approximate surface area is 203 Å². The molecule has 2 aliphatic rings. The molecule has 8 heteroatoms. The highest BCUT2D eigenvalue weighted by atomic mass is 32.1. The lowest BCUT2D eigenvalue weighted by molar-refractivity contribution is -0.135. The zero-order chi connectivity index (χ0) is 23.7. The van der Waals surface area contributed by atoms with E-state index in [2.05, 4.69) is 18.3 Å². The van der Waals surface area contributed by atoms with E-state index in [0.29, 0.717) is 37.1 Å². The number of hydrogen-bond donors (Lipinski definition) is 1. The van der Waals surface area contributed by atoms with Gasteiger partial charge in [0.2, 0.25) is 5.91 Å². The summed E-state index contributed by atoms with van der Waals surface area (Å²) < 4.78 is 7.39. The van der Waals surface area contributed by atoms with Gasteiger partial charge in [-0.1, -0.05) is 43.3 Å². The molecule has 0 bridgehead atoms. The highest BCUT2D eigenvalue weighted by Gasteiger charge is 2.32. The summed E-state index contributed by atoms with van der Waals surface area (Å²) in [5.74, 6) is -0.134. The number of para-hydroxylation sites is 2. The van der Waals surface area contributed by atoms with Gasteiger partial charge in [-0.3, -0.25) is 14.5 Å². The Morgan fingerprint density at radius 3 is 2.62 bits per heavy atom. The Hall–Kier alpha value is -3.49. The highest BCUT2D eigenvalue weighted by Crippen LogP contribution is 2.29. The Balaban J connectivity index is 1.51. The summed E-state index contributed by atoms with van der Waals surface area (Å²) >= 11 is 5.45. The fourth-order valence-electron chi connectivity index (χ4n) is 4.55. The molecule has 0 aliphatic carbocycles. The number of carbonyl (C=O) groups is 2. The average molecular weight is 475 g/mol. The molecule has 1 N–H and O–H groups in total. The van der Waals surface area contributed by atoms with Crippen LogP contribution in [0, 0.1) is 0 Å². The van der Waals surface area contributed by atoms with Crippen LogP contribution in [0.15, 0.2) is 60.4 Å². The van der Waals surface area contributed by atoms with Crippen LogP contribution in [-0.2, 0) is 27.3 Å². The van der Waals surface area contributed by atoms with Gasteiger partial charge >= 0.3 is 0 Å². The number of ether oxygens (including phenoxy) is 1. The van der Waals surface area contributed by atoms with Crippen LogP contribution in [0.2, 0.25) is 0 Å². The van der Waals surface area contributed by atoms with Crippen molar-refractivity contribution in [3.63, 3.8) is 0 Å². The molecule has 2 amide bonds. The number of amides is 2. The van der Waals surface area contributed by atoms with E-state index in [9.17, 15) is 9.59 Å². The van der Waals surface area contributed by atoms with Crippen molar-refractivity contribution in [1.29, 1.82) is 0 Å². The first-order valence-corrected chi connectivity index (χ1v) is 11.9. The summed E-state index contributed by atoms with van der Waals surface area (Å²) in [4.78, 5) is 29.5. The fourth-order valence-corrected chi connectivity index (χ4v) is 4.85. The zero-order valence-electron chi connectivity index (χ0n) is 19.0. The molecule has 0 spiro atoms. The molecule has 34 heavy (non-hydrogen) atoms. The van der Waals surface area contributed by atoms with E-state index in [1.165, 1.54) is 4.90 Å². The molecule has 3 aromatic rings. The van der Waals surface area contributed by atoms with Crippen molar-refractivity contribution < 1.29 is 14.3 Å². The van der Waals surface area contributed by atoms with Crippen LogP contribution >= 0.6 is 12.2 Å². The third-order valence-electron chi connectivity index (χ3n) is 6.26. The molecule has 2 aliphatic heterocycles. The first-order valence-electron chi connectivity index (χ1n) is 11.4. The van der Waals surface area contributed by atoms with E-state index < -0.39 is 0 Å². The largest absolute Gasteiger partial charge is 0.378 e. The van der Waals surface area contributed by atoms with Crippen molar-refractivity contribution in [2.75, 3.05) is 31.2 Å². The van der Waals surface area contributed by atoms with Gasteiger partial charge in [-0.05, 0) is 42.4 Å². The molecular weight excluding hydrogens is 448 g/mol. The Bertz CT molecular complexity index is 1290. The lowest BCUT2D eigenvalue weighted by Crippen LogP contribution is -2.42. The fraction of sp³-hybridized carbons (Fsp3) is 0.269. The van der Waals surface area contributed by atoms with Gasteiger partial charge in [0.25, 0.3) is 5.91 Å². The number of carbonyl (C=O) groups excluding carboxylic acids is 2. The second-order valence-electron chi connectivity index (χ2n) is 8.34. The summed E-state index contributed by atoms with van der Waals surface area (Å²) in [7, 11) is 0. The van der Waals surface area contributed by atoms with Gasteiger partial charge in [0, 0.05) is 30.2 Å². The molecule has 0 radical (unpaired) electrons. The molecule has 0 saturated carbocycles. The molecule has 5 rings (SSSR count). The van der Waals surface area contributed by atoms with Gasteiger partial charge in [-0.25, -0.2) is 0 Å². The highest BCUT2D eigenvalue weighted by molar-refractivity contribution is 7.80. The van der Waals surface area contributed by atoms with E-state index in [0.717, 1.165) is 34.1 Å². The van der Waals surface area contributed by atoms with Crippen LogP contribution in [0.4, 0.5) is 5.69 Å². The van der Waals surface area contributed by atoms with Crippen LogP contribution in [0.25, 0.3) is 17.0 Å². The molecule has 0 atom stereocenters. The van der Waals surface area contributed by atoms with Gasteiger partial charge in [-0.15, -0.1) is 0 Å². The number of nitrogens with one attached hydrogen (secondary N) is 1. The molecule has 174 valence electrons. The Morgan fingerprint density at radius 1 is 1.12 bits per heavy atom. The number of aromatic nitrogens is 1. The summed E-state index contributed by atoms with van der Waals surface area (Å²) in [5.41, 5.74) is 4.18. The van der Waals surface area contributed by atoms with E-state index >= 15 is 0 Å². The number of anilines is 1. The summed E-state index contributed by atoms with van der Waals surface area (Å²) in [6.45, 7) is 4.71. The van der Waals surface area contributed by atoms with Crippen molar-refractivity contribution in [3.8, 4) is 0 Å². The minimum absolute atomic E-state index is 0.0665. The van der Waals surface area contributed by atoms with Gasteiger partial charge in [-0.2, -0.15) is 0 Å². The molecule has 2 fully saturated rings. The van der Waals surface area contributed by atoms with Crippen LogP contribution in [0.5, 0.6) is 0 Å². The third kappa shape index (κ3) is 4.10. The van der Waals surface area contributed by atoms with Gasteiger partial charge in [0.05, 0.1) is 24.4 Å². The second kappa shape index (κ2) is 9.40. The van der Waals surface area contributed by atoms with E-state index in [-0.39, 0.29) is 18.4 Å². The minimum Gasteiger partial charge on any atom is -0.378 e. The van der Waals surface area contributed by atoms with Gasteiger partial charge in [0.1, 0.15) is 12.2 Å². The average Bonchev–Trinajstić information content (AvgIpc) is 3.36. The smallest absolute Gasteiger partial charge is 0.281 e. The van der Waals surface area contributed by atoms with Crippen molar-refractivity contribution >= 4 is 51.8 Å². The van der Waals surface area contributed by atoms with Crippen molar-refractivity contribution in [2.24, 2.45) is 0 Å². The predicted molar refractivity (Wildman–Crippen MR) is 136 cm³/mol. The molecule has 1 aromatic heterocycles. The monoisotopic (exact) mass is 474 g/mol. The molecule has 0 unspecified atom stereocenters. The molecule has 2 saturated heterocycles. The number of morpholine rings is 1. The maximum atomic E-state index is 13.2. The summed E-state index contributed by atoms with van der Waals surface area (Å²) in [5, 5.41) is 4.42. The topological polar surface area (TPSA) is 66.8 Å². The van der Waals surface area contributed by atoms with Gasteiger partial charge in [0.15, 0.2) is 5.11 Å². The van der Waals surface area contributed by atoms with Crippen LogP contribution < -0.4 is 10.2 Å². The van der Waals surface area contributed by atoms with Crippen LogP contribution in [0.1, 0.15) is 18.1 Å². The standard InChI is InChI=1S/C26H26N4O3S/c1-2-18-7-6-10-21-19(16-29(24(18)21)17-23(31)28-11-13-33-14-12-28)15-22-25(32)30(26(34)27-22)20-8-4-3-5-9-20/h3-10,15-16H,2,11-14,17H2,1H3,(H,27,34)/b22-15-. The normalized spacial score (nSPS) is 17.6. The lowest BCUT2D eigenvalue weighted by Gasteiger charge is -2.27.